The van der Waals surface area contributed by atoms with E-state index in [1.807, 2.05) is 30.3 Å². The lowest BCUT2D eigenvalue weighted by molar-refractivity contribution is -0.145. The van der Waals surface area contributed by atoms with Crippen LogP contribution in [0.5, 0.6) is 0 Å². The van der Waals surface area contributed by atoms with Crippen LogP contribution < -0.4 is 0 Å². The molecule has 0 aliphatic carbocycles. The lowest BCUT2D eigenvalue weighted by Gasteiger charge is -2.14. The van der Waals surface area contributed by atoms with Gasteiger partial charge in [0.2, 0.25) is 0 Å². The normalized spacial score (nSPS) is 16.3. The van der Waals surface area contributed by atoms with Crippen LogP contribution in [0.4, 0.5) is 0 Å². The van der Waals surface area contributed by atoms with Gasteiger partial charge in [-0.25, -0.2) is 4.99 Å². The van der Waals surface area contributed by atoms with Gasteiger partial charge in [-0.3, -0.25) is 14.5 Å². The summed E-state index contributed by atoms with van der Waals surface area (Å²) in [4.78, 5) is 30.6. The number of esters is 1. The molecule has 0 N–H and O–H groups in total. The molecule has 1 aliphatic heterocycles. The molecule has 0 bridgehead atoms. The quantitative estimate of drug-likeness (QED) is 0.640. The summed E-state index contributed by atoms with van der Waals surface area (Å²) in [6.07, 6.45) is 1.77. The Kier molecular flexibility index (Phi) is 4.25. The smallest absolute Gasteiger partial charge is 0.326 e. The van der Waals surface area contributed by atoms with Crippen LogP contribution in [0.15, 0.2) is 41.0 Å². The predicted octanol–water partition coefficient (Wildman–Crippen LogP) is 3.07. The molecular formula is C17H16N2O3S. The highest BCUT2D eigenvalue weighted by Crippen LogP contribution is 2.28. The average molecular weight is 328 g/mol. The Morgan fingerprint density at radius 3 is 2.91 bits per heavy atom. The topological polar surface area (TPSA) is 59.0 Å². The Balaban J connectivity index is 1.83. The maximum absolute atomic E-state index is 12.4. The number of thiophene rings is 1. The first-order valence-electron chi connectivity index (χ1n) is 7.31. The Hall–Kier alpha value is -2.47. The number of hydrogen-bond acceptors (Lipinski definition) is 5. The van der Waals surface area contributed by atoms with E-state index in [-0.39, 0.29) is 12.5 Å². The molecule has 1 aliphatic rings. The van der Waals surface area contributed by atoms with E-state index in [9.17, 15) is 9.59 Å². The molecule has 5 nitrogen and oxygen atoms in total. The summed E-state index contributed by atoms with van der Waals surface area (Å²) < 4.78 is 6.05. The summed E-state index contributed by atoms with van der Waals surface area (Å²) in [7, 11) is 0. The highest BCUT2D eigenvalue weighted by molar-refractivity contribution is 7.19. The number of fused-ring (bicyclic) bond motifs is 1. The van der Waals surface area contributed by atoms with Gasteiger partial charge >= 0.3 is 5.97 Å². The summed E-state index contributed by atoms with van der Waals surface area (Å²) >= 11 is 1.60. The second-order valence-corrected chi connectivity index (χ2v) is 6.19. The SMILES string of the molecule is CCOC(=O)CN1C(=O)/C(=C/c2cc3ccccc3s2)N=C1C. The van der Waals surface area contributed by atoms with E-state index in [1.54, 1.807) is 31.3 Å². The Morgan fingerprint density at radius 2 is 2.17 bits per heavy atom. The van der Waals surface area contributed by atoms with Gasteiger partial charge in [-0.15, -0.1) is 11.3 Å². The van der Waals surface area contributed by atoms with Crippen LogP contribution in [0.2, 0.25) is 0 Å². The third-order valence-corrected chi connectivity index (χ3v) is 4.52. The summed E-state index contributed by atoms with van der Waals surface area (Å²) in [5.74, 6) is -0.193. The van der Waals surface area contributed by atoms with E-state index >= 15 is 0 Å². The summed E-state index contributed by atoms with van der Waals surface area (Å²) in [5.41, 5.74) is 0.346. The molecule has 0 atom stereocenters. The first kappa shape index (κ1) is 15.4. The fourth-order valence-electron chi connectivity index (χ4n) is 2.39. The number of amidine groups is 1. The number of hydrogen-bond donors (Lipinski definition) is 0. The molecule has 0 saturated carbocycles. The zero-order valence-electron chi connectivity index (χ0n) is 12.9. The lowest BCUT2D eigenvalue weighted by Crippen LogP contribution is -2.36. The number of carbonyl (C=O) groups is 2. The van der Waals surface area contributed by atoms with Gasteiger partial charge in [0.1, 0.15) is 18.1 Å². The predicted molar refractivity (Wildman–Crippen MR) is 91.3 cm³/mol. The van der Waals surface area contributed by atoms with E-state index < -0.39 is 5.97 Å². The number of carbonyl (C=O) groups excluding carboxylic acids is 2. The first-order chi connectivity index (χ1) is 11.1. The van der Waals surface area contributed by atoms with Crippen molar-refractivity contribution in [2.45, 2.75) is 13.8 Å². The third kappa shape index (κ3) is 3.17. The lowest BCUT2D eigenvalue weighted by atomic mass is 10.2. The highest BCUT2D eigenvalue weighted by Gasteiger charge is 2.29. The number of amides is 1. The molecule has 0 fully saturated rings. The van der Waals surface area contributed by atoms with Gasteiger partial charge in [-0.2, -0.15) is 0 Å². The minimum absolute atomic E-state index is 0.105. The van der Waals surface area contributed by atoms with Crippen molar-refractivity contribution in [3.63, 3.8) is 0 Å². The largest absolute Gasteiger partial charge is 0.465 e. The van der Waals surface area contributed by atoms with Crippen LogP contribution in [-0.4, -0.2) is 35.8 Å². The number of nitrogens with zero attached hydrogens (tertiary/aromatic N) is 2. The van der Waals surface area contributed by atoms with Crippen LogP contribution in [0, 0.1) is 0 Å². The van der Waals surface area contributed by atoms with Crippen molar-refractivity contribution < 1.29 is 14.3 Å². The molecule has 6 heteroatoms. The van der Waals surface area contributed by atoms with Crippen LogP contribution in [-0.2, 0) is 14.3 Å². The minimum Gasteiger partial charge on any atom is -0.465 e. The number of rotatable bonds is 4. The van der Waals surface area contributed by atoms with Crippen molar-refractivity contribution in [2.75, 3.05) is 13.2 Å². The summed E-state index contributed by atoms with van der Waals surface area (Å²) in [6, 6.07) is 10.1. The highest BCUT2D eigenvalue weighted by atomic mass is 32.1. The van der Waals surface area contributed by atoms with E-state index in [0.717, 1.165) is 15.0 Å². The number of benzene rings is 1. The molecule has 1 amide bonds. The molecule has 1 aromatic heterocycles. The van der Waals surface area contributed by atoms with Crippen molar-refractivity contribution in [3.05, 3.63) is 40.9 Å². The molecule has 2 aromatic rings. The summed E-state index contributed by atoms with van der Waals surface area (Å²) in [6.45, 7) is 3.63. The third-order valence-electron chi connectivity index (χ3n) is 3.45. The molecular weight excluding hydrogens is 312 g/mol. The zero-order valence-corrected chi connectivity index (χ0v) is 13.7. The van der Waals surface area contributed by atoms with Crippen molar-refractivity contribution in [1.29, 1.82) is 0 Å². The molecule has 0 saturated heterocycles. The average Bonchev–Trinajstić information content (AvgIpc) is 3.03. The minimum atomic E-state index is -0.432. The van der Waals surface area contributed by atoms with Crippen molar-refractivity contribution in [3.8, 4) is 0 Å². The van der Waals surface area contributed by atoms with Crippen LogP contribution in [0.3, 0.4) is 0 Å². The summed E-state index contributed by atoms with van der Waals surface area (Å²) in [5, 5.41) is 1.14. The van der Waals surface area contributed by atoms with Crippen molar-refractivity contribution >= 4 is 45.2 Å². The van der Waals surface area contributed by atoms with E-state index in [4.69, 9.17) is 4.74 Å². The standard InChI is InChI=1S/C17H16N2O3S/c1-3-22-16(20)10-19-11(2)18-14(17(19)21)9-13-8-12-6-4-5-7-15(12)23-13/h4-9H,3,10H2,1-2H3/b14-9-. The van der Waals surface area contributed by atoms with Gasteiger partial charge in [0, 0.05) is 9.58 Å². The Bertz CT molecular complexity index is 802. The van der Waals surface area contributed by atoms with E-state index in [2.05, 4.69) is 4.99 Å². The van der Waals surface area contributed by atoms with Gasteiger partial charge in [0.05, 0.1) is 6.61 Å². The fourth-order valence-corrected chi connectivity index (χ4v) is 3.39. The van der Waals surface area contributed by atoms with Gasteiger partial charge < -0.3 is 4.74 Å². The van der Waals surface area contributed by atoms with Gasteiger partial charge in [-0.05, 0) is 37.4 Å². The monoisotopic (exact) mass is 328 g/mol. The molecule has 0 spiro atoms. The Morgan fingerprint density at radius 1 is 1.39 bits per heavy atom. The molecule has 0 unspecified atom stereocenters. The maximum Gasteiger partial charge on any atom is 0.326 e. The van der Waals surface area contributed by atoms with Crippen LogP contribution in [0.1, 0.15) is 18.7 Å². The zero-order chi connectivity index (χ0) is 16.4. The number of ether oxygens (including phenoxy) is 1. The molecule has 1 aromatic carbocycles. The maximum atomic E-state index is 12.4. The van der Waals surface area contributed by atoms with E-state index in [0.29, 0.717) is 18.1 Å². The first-order valence-corrected chi connectivity index (χ1v) is 8.13. The molecule has 118 valence electrons. The van der Waals surface area contributed by atoms with Crippen LogP contribution in [0.25, 0.3) is 16.2 Å². The van der Waals surface area contributed by atoms with Gasteiger partial charge in [-0.1, -0.05) is 18.2 Å². The van der Waals surface area contributed by atoms with Gasteiger partial charge in [0.25, 0.3) is 5.91 Å². The number of aliphatic imine (C=N–C) groups is 1. The fraction of sp³-hybridized carbons (Fsp3) is 0.235. The van der Waals surface area contributed by atoms with Gasteiger partial charge in [0.15, 0.2) is 0 Å². The Labute approximate surface area is 137 Å². The van der Waals surface area contributed by atoms with Crippen molar-refractivity contribution in [2.24, 2.45) is 4.99 Å². The second kappa shape index (κ2) is 6.34. The van der Waals surface area contributed by atoms with Crippen LogP contribution >= 0.6 is 11.3 Å². The molecule has 2 heterocycles. The second-order valence-electron chi connectivity index (χ2n) is 5.07. The molecule has 23 heavy (non-hydrogen) atoms. The van der Waals surface area contributed by atoms with Crippen molar-refractivity contribution in [1.82, 2.24) is 4.90 Å². The molecule has 3 rings (SSSR count). The molecule has 0 radical (unpaired) electrons. The van der Waals surface area contributed by atoms with E-state index in [1.165, 1.54) is 4.90 Å².